The Bertz CT molecular complexity index is 458. The minimum atomic E-state index is 0.0152. The molecule has 0 saturated heterocycles. The molecule has 4 N–H and O–H groups in total. The van der Waals surface area contributed by atoms with Crippen molar-refractivity contribution in [2.45, 2.75) is 38.3 Å². The number of aliphatic hydroxyl groups is 1. The minimum Gasteiger partial charge on any atom is -0.409 e. The lowest BCUT2D eigenvalue weighted by Gasteiger charge is -2.28. The van der Waals surface area contributed by atoms with Crippen molar-refractivity contribution in [2.24, 2.45) is 10.9 Å². The summed E-state index contributed by atoms with van der Waals surface area (Å²) in [5.41, 5.74) is 7.09. The Morgan fingerprint density at radius 3 is 2.85 bits per heavy atom. The standard InChI is InChI=1S/C14H22N4O2/c15-14(17-20)13-9-11(5-6-16-13)10-18(7-8-19)12-3-1-2-4-12/h5-6,9,12,19-20H,1-4,7-8,10H2,(H2,15,17). The molecular weight excluding hydrogens is 256 g/mol. The van der Waals surface area contributed by atoms with Gasteiger partial charge in [0, 0.05) is 25.3 Å². The van der Waals surface area contributed by atoms with Gasteiger partial charge in [-0.15, -0.1) is 0 Å². The number of hydrogen-bond donors (Lipinski definition) is 3. The molecule has 1 fully saturated rings. The molecule has 0 spiro atoms. The molecule has 1 aliphatic rings. The minimum absolute atomic E-state index is 0.0152. The van der Waals surface area contributed by atoms with Gasteiger partial charge in [-0.3, -0.25) is 9.88 Å². The van der Waals surface area contributed by atoms with E-state index >= 15 is 0 Å². The van der Waals surface area contributed by atoms with Gasteiger partial charge in [-0.25, -0.2) is 0 Å². The van der Waals surface area contributed by atoms with Crippen molar-refractivity contribution in [3.05, 3.63) is 29.6 Å². The summed E-state index contributed by atoms with van der Waals surface area (Å²) in [4.78, 5) is 6.38. The largest absolute Gasteiger partial charge is 0.409 e. The van der Waals surface area contributed by atoms with Gasteiger partial charge in [0.25, 0.3) is 0 Å². The van der Waals surface area contributed by atoms with E-state index in [1.165, 1.54) is 25.7 Å². The molecule has 0 unspecified atom stereocenters. The zero-order chi connectivity index (χ0) is 14.4. The first-order valence-corrected chi connectivity index (χ1v) is 7.02. The van der Waals surface area contributed by atoms with E-state index < -0.39 is 0 Å². The first-order valence-electron chi connectivity index (χ1n) is 7.02. The third kappa shape index (κ3) is 3.68. The number of nitrogens with two attached hydrogens (primary N) is 1. The Kier molecular flexibility index (Phi) is 5.31. The van der Waals surface area contributed by atoms with E-state index in [9.17, 15) is 5.11 Å². The average Bonchev–Trinajstić information content (AvgIpc) is 3.00. The normalized spacial score (nSPS) is 17.0. The van der Waals surface area contributed by atoms with Gasteiger partial charge in [0.05, 0.1) is 6.61 Å². The fourth-order valence-electron chi connectivity index (χ4n) is 2.79. The molecule has 0 bridgehead atoms. The van der Waals surface area contributed by atoms with Crippen LogP contribution >= 0.6 is 0 Å². The van der Waals surface area contributed by atoms with E-state index in [4.69, 9.17) is 10.9 Å². The summed E-state index contributed by atoms with van der Waals surface area (Å²) < 4.78 is 0. The summed E-state index contributed by atoms with van der Waals surface area (Å²) in [5, 5.41) is 20.9. The Morgan fingerprint density at radius 1 is 1.45 bits per heavy atom. The second-order valence-electron chi connectivity index (χ2n) is 5.17. The summed E-state index contributed by atoms with van der Waals surface area (Å²) in [6, 6.07) is 4.30. The zero-order valence-corrected chi connectivity index (χ0v) is 11.6. The zero-order valence-electron chi connectivity index (χ0n) is 11.6. The highest BCUT2D eigenvalue weighted by molar-refractivity contribution is 5.95. The van der Waals surface area contributed by atoms with E-state index in [0.29, 0.717) is 18.3 Å². The van der Waals surface area contributed by atoms with Crippen molar-refractivity contribution in [3.8, 4) is 0 Å². The summed E-state index contributed by atoms with van der Waals surface area (Å²) in [7, 11) is 0. The summed E-state index contributed by atoms with van der Waals surface area (Å²) in [6.45, 7) is 1.58. The molecule has 0 aliphatic heterocycles. The second-order valence-corrected chi connectivity index (χ2v) is 5.17. The molecule has 20 heavy (non-hydrogen) atoms. The first kappa shape index (κ1) is 14.7. The van der Waals surface area contributed by atoms with Gasteiger partial charge in [0.15, 0.2) is 5.84 Å². The van der Waals surface area contributed by atoms with Gasteiger partial charge in [-0.2, -0.15) is 0 Å². The fraction of sp³-hybridized carbons (Fsp3) is 0.571. The van der Waals surface area contributed by atoms with Crippen LogP contribution in [0.25, 0.3) is 0 Å². The number of aromatic nitrogens is 1. The van der Waals surface area contributed by atoms with Crippen molar-refractivity contribution in [1.82, 2.24) is 9.88 Å². The maximum Gasteiger partial charge on any atom is 0.188 e. The highest BCUT2D eigenvalue weighted by Gasteiger charge is 2.22. The van der Waals surface area contributed by atoms with Gasteiger partial charge in [0.1, 0.15) is 5.69 Å². The van der Waals surface area contributed by atoms with Crippen molar-refractivity contribution in [3.63, 3.8) is 0 Å². The van der Waals surface area contributed by atoms with Gasteiger partial charge >= 0.3 is 0 Å². The molecule has 1 aromatic rings. The van der Waals surface area contributed by atoms with Crippen LogP contribution in [-0.2, 0) is 6.54 Å². The quantitative estimate of drug-likeness (QED) is 0.311. The predicted octanol–water partition coefficient (Wildman–Crippen LogP) is 0.913. The number of pyridine rings is 1. The van der Waals surface area contributed by atoms with Crippen LogP contribution in [0, 0.1) is 0 Å². The van der Waals surface area contributed by atoms with Gasteiger partial charge in [-0.1, -0.05) is 18.0 Å². The summed E-state index contributed by atoms with van der Waals surface area (Å²) >= 11 is 0. The highest BCUT2D eigenvalue weighted by Crippen LogP contribution is 2.24. The lowest BCUT2D eigenvalue weighted by Crippen LogP contribution is -2.35. The van der Waals surface area contributed by atoms with E-state index in [1.807, 2.05) is 12.1 Å². The molecular formula is C14H22N4O2. The predicted molar refractivity (Wildman–Crippen MR) is 76.5 cm³/mol. The molecule has 6 nitrogen and oxygen atoms in total. The Morgan fingerprint density at radius 2 is 2.20 bits per heavy atom. The van der Waals surface area contributed by atoms with Gasteiger partial charge < -0.3 is 16.0 Å². The van der Waals surface area contributed by atoms with Gasteiger partial charge in [0.2, 0.25) is 0 Å². The van der Waals surface area contributed by atoms with Crippen molar-refractivity contribution >= 4 is 5.84 Å². The molecule has 1 aliphatic carbocycles. The van der Waals surface area contributed by atoms with E-state index in [-0.39, 0.29) is 12.4 Å². The maximum atomic E-state index is 9.23. The molecule has 110 valence electrons. The third-order valence-corrected chi connectivity index (χ3v) is 3.81. The average molecular weight is 278 g/mol. The van der Waals surface area contributed by atoms with Crippen LogP contribution in [0.5, 0.6) is 0 Å². The SMILES string of the molecule is NC(=NO)c1cc(CN(CCO)C2CCCC2)ccn1. The monoisotopic (exact) mass is 278 g/mol. The number of rotatable bonds is 6. The molecule has 0 aromatic carbocycles. The first-order chi connectivity index (χ1) is 9.74. The molecule has 1 saturated carbocycles. The van der Waals surface area contributed by atoms with Crippen LogP contribution in [0.4, 0.5) is 0 Å². The number of nitrogens with zero attached hydrogens (tertiary/aromatic N) is 3. The number of amidine groups is 1. The molecule has 1 heterocycles. The maximum absolute atomic E-state index is 9.23. The van der Waals surface area contributed by atoms with Crippen LogP contribution in [-0.4, -0.2) is 45.2 Å². The highest BCUT2D eigenvalue weighted by atomic mass is 16.4. The topological polar surface area (TPSA) is 95.0 Å². The van der Waals surface area contributed by atoms with Crippen molar-refractivity contribution in [2.75, 3.05) is 13.2 Å². The van der Waals surface area contributed by atoms with Crippen molar-refractivity contribution < 1.29 is 10.3 Å². The summed E-state index contributed by atoms with van der Waals surface area (Å²) in [6.07, 6.45) is 6.57. The Labute approximate surface area is 118 Å². The number of oxime groups is 1. The Hall–Kier alpha value is -1.66. The van der Waals surface area contributed by atoms with E-state index in [2.05, 4.69) is 15.0 Å². The molecule has 6 heteroatoms. The second kappa shape index (κ2) is 7.21. The van der Waals surface area contributed by atoms with Crippen LogP contribution in [0.3, 0.4) is 0 Å². The van der Waals surface area contributed by atoms with Crippen LogP contribution < -0.4 is 5.73 Å². The molecule has 0 atom stereocenters. The third-order valence-electron chi connectivity index (χ3n) is 3.81. The van der Waals surface area contributed by atoms with Crippen LogP contribution in [0.15, 0.2) is 23.5 Å². The number of hydrogen-bond acceptors (Lipinski definition) is 5. The van der Waals surface area contributed by atoms with Gasteiger partial charge in [-0.05, 0) is 30.5 Å². The Balaban J connectivity index is 2.09. The summed E-state index contributed by atoms with van der Waals surface area (Å²) in [5.74, 6) is 0.0152. The molecule has 2 rings (SSSR count). The van der Waals surface area contributed by atoms with E-state index in [1.54, 1.807) is 6.20 Å². The molecule has 0 radical (unpaired) electrons. The molecule has 0 amide bonds. The molecule has 1 aromatic heterocycles. The van der Waals surface area contributed by atoms with E-state index in [0.717, 1.165) is 12.1 Å². The number of aliphatic hydroxyl groups excluding tert-OH is 1. The fourth-order valence-corrected chi connectivity index (χ4v) is 2.79. The lowest BCUT2D eigenvalue weighted by atomic mass is 10.1. The van der Waals surface area contributed by atoms with Crippen LogP contribution in [0.1, 0.15) is 36.9 Å². The lowest BCUT2D eigenvalue weighted by molar-refractivity contribution is 0.145. The smallest absolute Gasteiger partial charge is 0.188 e. The van der Waals surface area contributed by atoms with Crippen molar-refractivity contribution in [1.29, 1.82) is 0 Å². The van der Waals surface area contributed by atoms with Crippen LogP contribution in [0.2, 0.25) is 0 Å².